The van der Waals surface area contributed by atoms with E-state index < -0.39 is 0 Å². The number of pyridine rings is 4. The zero-order chi connectivity index (χ0) is 56.8. The Morgan fingerprint density at radius 3 is 1.76 bits per heavy atom. The fraction of sp³-hybridized carbons (Fsp3) is 0.214. The van der Waals surface area contributed by atoms with Crippen molar-refractivity contribution in [1.29, 1.82) is 0 Å². The second-order valence-corrected chi connectivity index (χ2v) is 21.0. The molecule has 0 spiro atoms. The minimum absolute atomic E-state index is 0.278. The number of esters is 2. The first-order valence-corrected chi connectivity index (χ1v) is 27.5. The van der Waals surface area contributed by atoms with Gasteiger partial charge in [-0.05, 0) is 138 Å². The van der Waals surface area contributed by atoms with Crippen molar-refractivity contribution < 1.29 is 23.9 Å². The number of hydrogen-bond acceptors (Lipinski definition) is 15. The average Bonchev–Trinajstić information content (AvgIpc) is 4.15. The summed E-state index contributed by atoms with van der Waals surface area (Å²) in [7, 11) is 4.34. The number of nitrogens with two attached hydrogens (primary N) is 1. The van der Waals surface area contributed by atoms with Crippen LogP contribution in [0.2, 0.25) is 15.1 Å². The molecule has 1 amide bonds. The van der Waals surface area contributed by atoms with Gasteiger partial charge in [0.1, 0.15) is 21.9 Å². The molecule has 1 radical (unpaired) electrons. The molecule has 8 aromatic rings. The summed E-state index contributed by atoms with van der Waals surface area (Å²) < 4.78 is 14.0. The molecular weight excluding hydrogens is 1220 g/mol. The van der Waals surface area contributed by atoms with Crippen molar-refractivity contribution in [3.8, 4) is 0 Å². The number of carbonyl (C=O) groups is 3. The molecule has 7 heterocycles. The van der Waals surface area contributed by atoms with Crippen LogP contribution in [0, 0.1) is 13.8 Å². The maximum atomic E-state index is 12.7. The predicted octanol–water partition coefficient (Wildman–Crippen LogP) is 12.8. The number of carbonyl (C=O) groups excluding carboxylic acids is 3. The zero-order valence-electron chi connectivity index (χ0n) is 43.1. The number of ether oxygens (including phenoxy) is 2. The van der Waals surface area contributed by atoms with Crippen LogP contribution in [-0.4, -0.2) is 80.0 Å². The quantitative estimate of drug-likeness (QED) is 0.0482. The van der Waals surface area contributed by atoms with E-state index in [1.165, 1.54) is 0 Å². The number of thiol groups is 1. The number of aryl methyl sites for hydroxylation is 2. The number of aliphatic imine (C=N–C) groups is 2. The number of imidazole rings is 1. The Morgan fingerprint density at radius 1 is 0.734 bits per heavy atom. The van der Waals surface area contributed by atoms with Crippen molar-refractivity contribution in [3.05, 3.63) is 184 Å². The summed E-state index contributed by atoms with van der Waals surface area (Å²) in [5.74, 6) is 0.125. The van der Waals surface area contributed by atoms with Gasteiger partial charge in [-0.15, -0.1) is 0 Å². The summed E-state index contributed by atoms with van der Waals surface area (Å²) in [4.78, 5) is 69.7. The molecule has 2 aliphatic heterocycles. The number of halogens is 5. The van der Waals surface area contributed by atoms with Gasteiger partial charge in [0, 0.05) is 95.0 Å². The first kappa shape index (κ1) is 60.0. The van der Waals surface area contributed by atoms with Gasteiger partial charge in [0.15, 0.2) is 11.4 Å². The zero-order valence-corrected chi connectivity index (χ0v) is 49.4. The standard InChI is InChI=1S/C22H20BrClN6O.C17H14BrClN2O2.C17H15ClN2O2.BHNS/c1-11-5-18(25)28-12(2)16(11)10-27-22(31)20-21(23)30-19(29-20)7-13-3-4-17-14(6-13)8-15(24)9-26-17;1-2-23-17(22)16-14(18)8-13(21-16)6-10-3-4-15-11(5-10)7-12(19)9-20-15;1-2-22-17(21)16-6-4-14(20-16)8-11-3-5-15-12(7-11)9-13(18)10-19-15;1-2-3/h3-6,8-9H,7,10H2,1-2H3,(H2,25,28)(H,27,31)(H,29,30);3-5,7,9H,2,6,8H2,1H3;3,5-7,9-10H,2,4,8H2,1H3;3H. The van der Waals surface area contributed by atoms with Crippen molar-refractivity contribution in [1.82, 2.24) is 35.2 Å². The van der Waals surface area contributed by atoms with Crippen LogP contribution in [0.4, 0.5) is 5.82 Å². The van der Waals surface area contributed by atoms with Gasteiger partial charge in [-0.2, -0.15) is 0 Å². The number of benzene rings is 3. The number of H-pyrrole nitrogens is 1. The Hall–Kier alpha value is -6.68. The van der Waals surface area contributed by atoms with Crippen LogP contribution in [0.1, 0.15) is 76.5 Å². The molecule has 0 bridgehead atoms. The van der Waals surface area contributed by atoms with Gasteiger partial charge in [0.05, 0.1) is 44.8 Å². The summed E-state index contributed by atoms with van der Waals surface area (Å²) in [6, 6.07) is 25.5. The van der Waals surface area contributed by atoms with E-state index in [9.17, 15) is 14.4 Å². The van der Waals surface area contributed by atoms with E-state index in [-0.39, 0.29) is 17.8 Å². The summed E-state index contributed by atoms with van der Waals surface area (Å²) >= 11 is 28.0. The van der Waals surface area contributed by atoms with Crippen LogP contribution >= 0.6 is 79.5 Å². The van der Waals surface area contributed by atoms with Crippen molar-refractivity contribution >= 4 is 155 Å². The summed E-state index contributed by atoms with van der Waals surface area (Å²) in [6.07, 6.45) is 9.92. The molecule has 16 nitrogen and oxygen atoms in total. The molecule has 3 aromatic carbocycles. The van der Waals surface area contributed by atoms with E-state index in [0.717, 1.165) is 82.1 Å². The van der Waals surface area contributed by atoms with E-state index in [4.69, 9.17) is 50.0 Å². The number of hydrogen-bond donors (Lipinski definition) is 4. The molecule has 0 saturated carbocycles. The number of nitrogens with one attached hydrogen (secondary N) is 2. The van der Waals surface area contributed by atoms with Crippen LogP contribution in [0.5, 0.6) is 0 Å². The molecule has 0 fully saturated rings. The van der Waals surface area contributed by atoms with Crippen LogP contribution in [-0.2, 0) is 44.9 Å². The molecule has 0 saturated heterocycles. The van der Waals surface area contributed by atoms with E-state index in [1.807, 2.05) is 86.7 Å². The summed E-state index contributed by atoms with van der Waals surface area (Å²) in [6.45, 7) is 8.43. The van der Waals surface area contributed by atoms with Crippen molar-refractivity contribution in [2.45, 2.75) is 66.3 Å². The van der Waals surface area contributed by atoms with Gasteiger partial charge in [-0.1, -0.05) is 68.9 Å². The second kappa shape index (κ2) is 28.5. The van der Waals surface area contributed by atoms with Gasteiger partial charge in [0.2, 0.25) is 0 Å². The molecule has 0 aliphatic carbocycles. The van der Waals surface area contributed by atoms with Gasteiger partial charge in [-0.25, -0.2) is 29.5 Å². The van der Waals surface area contributed by atoms with Gasteiger partial charge < -0.3 is 25.5 Å². The molecule has 23 heteroatoms. The van der Waals surface area contributed by atoms with Crippen LogP contribution in [0.3, 0.4) is 0 Å². The van der Waals surface area contributed by atoms with Crippen molar-refractivity contribution in [3.63, 3.8) is 0 Å². The molecule has 10 rings (SSSR count). The Morgan fingerprint density at radius 2 is 1.24 bits per heavy atom. The molecule has 4 N–H and O–H groups in total. The first-order valence-electron chi connectivity index (χ1n) is 24.4. The van der Waals surface area contributed by atoms with Gasteiger partial charge in [-0.3, -0.25) is 19.7 Å². The van der Waals surface area contributed by atoms with Crippen LogP contribution in [0.15, 0.2) is 138 Å². The monoisotopic (exact) mass is 1260 g/mol. The van der Waals surface area contributed by atoms with Crippen LogP contribution < -0.4 is 11.1 Å². The molecule has 403 valence electrons. The molecule has 2 aliphatic rings. The minimum atomic E-state index is -0.385. The number of nitrogens with zero attached hydrogens (tertiary/aromatic N) is 8. The third kappa shape index (κ3) is 16.7. The van der Waals surface area contributed by atoms with E-state index in [2.05, 4.69) is 108 Å². The Kier molecular flexibility index (Phi) is 21.6. The fourth-order valence-corrected chi connectivity index (χ4v) is 9.97. The molecule has 0 unspecified atom stereocenters. The number of anilines is 1. The van der Waals surface area contributed by atoms with Gasteiger partial charge >= 0.3 is 36.7 Å². The Labute approximate surface area is 494 Å². The number of allylic oxidation sites excluding steroid dienone is 2. The normalized spacial score (nSPS) is 12.5. The van der Waals surface area contributed by atoms with Gasteiger partial charge in [0.25, 0.3) is 5.91 Å². The number of aromatic amines is 1. The Bertz CT molecular complexity index is 3740. The fourth-order valence-electron chi connectivity index (χ4n) is 8.40. The van der Waals surface area contributed by atoms with E-state index in [0.29, 0.717) is 100 Å². The summed E-state index contributed by atoms with van der Waals surface area (Å²) in [5, 5.41) is 7.68. The summed E-state index contributed by atoms with van der Waals surface area (Å²) in [5.41, 5.74) is 17.4. The van der Waals surface area contributed by atoms with Crippen molar-refractivity contribution in [2.75, 3.05) is 18.9 Å². The van der Waals surface area contributed by atoms with Crippen LogP contribution in [0.25, 0.3) is 32.7 Å². The molecule has 0 atom stereocenters. The van der Waals surface area contributed by atoms with E-state index in [1.54, 1.807) is 38.5 Å². The number of amides is 1. The first-order chi connectivity index (χ1) is 37.9. The number of fused-ring (bicyclic) bond motifs is 3. The second-order valence-electron chi connectivity index (χ2n) is 17.7. The predicted molar refractivity (Wildman–Crippen MR) is 325 cm³/mol. The maximum absolute atomic E-state index is 12.7. The number of nitrogen functional groups attached to an aromatic ring is 1. The average molecular weight is 1270 g/mol. The Balaban J connectivity index is 0.000000170. The SMILES string of the molecule is CCOC(=O)C1=C(Br)CC(Cc2ccc3ncc(Cl)cc3c2)=N1.CCOC(=O)C1=CCC(Cc2ccc3ncc(Cl)cc3c2)=N1.Cc1cc(N)nc(C)c1CNC(=O)c1nc(Cc2ccc3ncc(Cl)cc3c2)[nH]c1Br.[B]=NS. The van der Waals surface area contributed by atoms with E-state index >= 15 is 0 Å². The topological polar surface area (TPSA) is 225 Å². The molecule has 79 heavy (non-hydrogen) atoms. The molecule has 5 aromatic heterocycles. The third-order valence-corrected chi connectivity index (χ3v) is 13.7. The number of aromatic nitrogens is 6. The van der Waals surface area contributed by atoms with Crippen molar-refractivity contribution in [2.24, 2.45) is 14.3 Å². The third-order valence-electron chi connectivity index (χ3n) is 11.9. The number of rotatable bonds is 13. The molecular formula is C56H50BBr2Cl3N11O5S.